The second-order valence-electron chi connectivity index (χ2n) is 5.93. The predicted molar refractivity (Wildman–Crippen MR) is 80.6 cm³/mol. The van der Waals surface area contributed by atoms with E-state index in [0.717, 1.165) is 25.6 Å². The van der Waals surface area contributed by atoms with Gasteiger partial charge >= 0.3 is 0 Å². The van der Waals surface area contributed by atoms with Crippen LogP contribution >= 0.6 is 0 Å². The molecule has 1 aromatic carbocycles. The lowest BCUT2D eigenvalue weighted by Crippen LogP contribution is -2.41. The molecule has 0 amide bonds. The van der Waals surface area contributed by atoms with E-state index in [1.165, 1.54) is 24.8 Å². The van der Waals surface area contributed by atoms with Crippen molar-refractivity contribution in [3.05, 3.63) is 35.4 Å². The van der Waals surface area contributed by atoms with Crippen LogP contribution in [-0.2, 0) is 10.2 Å². The maximum atomic E-state index is 5.13. The Morgan fingerprint density at radius 2 is 2.16 bits per heavy atom. The summed E-state index contributed by atoms with van der Waals surface area (Å²) in [4.78, 5) is 0. The monoisotopic (exact) mass is 261 g/mol. The number of ether oxygens (including phenoxy) is 1. The standard InChI is InChI=1S/C17H27NO/c1-14-7-4-5-9-16(14)17(10-6-8-15(17)2)13-18-11-12-19-3/h4-5,7,9,15,18H,6,8,10-13H2,1-3H3. The van der Waals surface area contributed by atoms with E-state index in [1.807, 2.05) is 0 Å². The van der Waals surface area contributed by atoms with Gasteiger partial charge in [-0.05, 0) is 36.8 Å². The van der Waals surface area contributed by atoms with Crippen molar-refractivity contribution in [2.24, 2.45) is 5.92 Å². The first-order valence-corrected chi connectivity index (χ1v) is 7.46. The molecule has 0 heterocycles. The lowest BCUT2D eigenvalue weighted by atomic mass is 9.71. The zero-order chi connectivity index (χ0) is 13.7. The first-order chi connectivity index (χ1) is 9.20. The van der Waals surface area contributed by atoms with Gasteiger partial charge in [0.15, 0.2) is 0 Å². The van der Waals surface area contributed by atoms with Crippen LogP contribution in [0.2, 0.25) is 0 Å². The topological polar surface area (TPSA) is 21.3 Å². The molecule has 2 atom stereocenters. The van der Waals surface area contributed by atoms with Crippen molar-refractivity contribution in [2.45, 2.75) is 38.5 Å². The van der Waals surface area contributed by atoms with Crippen LogP contribution in [-0.4, -0.2) is 26.8 Å². The normalized spacial score (nSPS) is 26.8. The largest absolute Gasteiger partial charge is 0.383 e. The molecule has 19 heavy (non-hydrogen) atoms. The maximum absolute atomic E-state index is 5.13. The minimum absolute atomic E-state index is 0.319. The molecule has 1 saturated carbocycles. The van der Waals surface area contributed by atoms with Crippen LogP contribution in [0.25, 0.3) is 0 Å². The molecule has 1 aliphatic rings. The van der Waals surface area contributed by atoms with E-state index in [4.69, 9.17) is 4.74 Å². The van der Waals surface area contributed by atoms with Crippen LogP contribution in [0.15, 0.2) is 24.3 Å². The fourth-order valence-electron chi connectivity index (χ4n) is 3.62. The fourth-order valence-corrected chi connectivity index (χ4v) is 3.62. The Bertz CT molecular complexity index is 404. The molecular weight excluding hydrogens is 234 g/mol. The first-order valence-electron chi connectivity index (χ1n) is 7.46. The molecule has 106 valence electrons. The molecule has 0 aromatic heterocycles. The van der Waals surface area contributed by atoms with Crippen LogP contribution in [0, 0.1) is 12.8 Å². The van der Waals surface area contributed by atoms with Gasteiger partial charge in [-0.1, -0.05) is 37.6 Å². The highest BCUT2D eigenvalue weighted by Crippen LogP contribution is 2.46. The summed E-state index contributed by atoms with van der Waals surface area (Å²) in [5.41, 5.74) is 3.30. The molecule has 0 saturated heterocycles. The highest BCUT2D eigenvalue weighted by molar-refractivity contribution is 5.35. The van der Waals surface area contributed by atoms with Crippen molar-refractivity contribution >= 4 is 0 Å². The van der Waals surface area contributed by atoms with Crippen LogP contribution in [0.1, 0.15) is 37.3 Å². The summed E-state index contributed by atoms with van der Waals surface area (Å²) in [6, 6.07) is 8.90. The Labute approximate surface area is 117 Å². The summed E-state index contributed by atoms with van der Waals surface area (Å²) < 4.78 is 5.13. The third kappa shape index (κ3) is 3.01. The van der Waals surface area contributed by atoms with Gasteiger partial charge in [0.05, 0.1) is 6.61 Å². The summed E-state index contributed by atoms with van der Waals surface area (Å²) in [6.45, 7) is 7.46. The van der Waals surface area contributed by atoms with E-state index in [0.29, 0.717) is 5.41 Å². The highest BCUT2D eigenvalue weighted by atomic mass is 16.5. The van der Waals surface area contributed by atoms with Gasteiger partial charge in [0.1, 0.15) is 0 Å². The van der Waals surface area contributed by atoms with Gasteiger partial charge in [0.2, 0.25) is 0 Å². The second kappa shape index (κ2) is 6.53. The molecule has 1 fully saturated rings. The fraction of sp³-hybridized carbons (Fsp3) is 0.647. The van der Waals surface area contributed by atoms with E-state index < -0.39 is 0 Å². The van der Waals surface area contributed by atoms with Gasteiger partial charge in [0, 0.05) is 25.6 Å². The Hall–Kier alpha value is -0.860. The molecule has 0 radical (unpaired) electrons. The van der Waals surface area contributed by atoms with E-state index in [-0.39, 0.29) is 0 Å². The minimum atomic E-state index is 0.319. The number of benzene rings is 1. The lowest BCUT2D eigenvalue weighted by molar-refractivity contribution is 0.194. The number of hydrogen-bond donors (Lipinski definition) is 1. The smallest absolute Gasteiger partial charge is 0.0587 e. The van der Waals surface area contributed by atoms with Crippen LogP contribution in [0.3, 0.4) is 0 Å². The lowest BCUT2D eigenvalue weighted by Gasteiger charge is -2.36. The summed E-state index contributed by atoms with van der Waals surface area (Å²) in [5.74, 6) is 0.753. The summed E-state index contributed by atoms with van der Waals surface area (Å²) in [7, 11) is 1.76. The molecule has 2 nitrogen and oxygen atoms in total. The number of rotatable bonds is 6. The van der Waals surface area contributed by atoms with Gasteiger partial charge in [0.25, 0.3) is 0 Å². The third-order valence-electron chi connectivity index (χ3n) is 4.81. The van der Waals surface area contributed by atoms with E-state index in [2.05, 4.69) is 43.4 Å². The summed E-state index contributed by atoms with van der Waals surface area (Å²) in [5, 5.41) is 3.60. The zero-order valence-electron chi connectivity index (χ0n) is 12.5. The molecule has 0 spiro atoms. The van der Waals surface area contributed by atoms with E-state index in [9.17, 15) is 0 Å². The van der Waals surface area contributed by atoms with Gasteiger partial charge in [-0.25, -0.2) is 0 Å². The average Bonchev–Trinajstić information content (AvgIpc) is 2.78. The van der Waals surface area contributed by atoms with E-state index in [1.54, 1.807) is 12.7 Å². The second-order valence-corrected chi connectivity index (χ2v) is 5.93. The molecule has 1 aromatic rings. The van der Waals surface area contributed by atoms with Crippen molar-refractivity contribution < 1.29 is 4.74 Å². The number of hydrogen-bond acceptors (Lipinski definition) is 2. The van der Waals surface area contributed by atoms with Crippen LogP contribution in [0.5, 0.6) is 0 Å². The van der Waals surface area contributed by atoms with Crippen molar-refractivity contribution in [2.75, 3.05) is 26.8 Å². The van der Waals surface area contributed by atoms with Crippen LogP contribution < -0.4 is 5.32 Å². The maximum Gasteiger partial charge on any atom is 0.0587 e. The van der Waals surface area contributed by atoms with Gasteiger partial charge in [-0.3, -0.25) is 0 Å². The summed E-state index contributed by atoms with van der Waals surface area (Å²) in [6.07, 6.45) is 4.00. The molecule has 0 aliphatic heterocycles. The number of nitrogens with one attached hydrogen (secondary N) is 1. The Kier molecular flexibility index (Phi) is 5.00. The molecule has 0 bridgehead atoms. The minimum Gasteiger partial charge on any atom is -0.383 e. The quantitative estimate of drug-likeness (QED) is 0.793. The highest BCUT2D eigenvalue weighted by Gasteiger charge is 2.41. The van der Waals surface area contributed by atoms with Crippen LogP contribution in [0.4, 0.5) is 0 Å². The van der Waals surface area contributed by atoms with Crippen molar-refractivity contribution in [3.63, 3.8) is 0 Å². The molecular formula is C17H27NO. The average molecular weight is 261 g/mol. The van der Waals surface area contributed by atoms with Crippen molar-refractivity contribution in [1.29, 1.82) is 0 Å². The van der Waals surface area contributed by atoms with E-state index >= 15 is 0 Å². The predicted octanol–water partition coefficient (Wildman–Crippen LogP) is 3.29. The Balaban J connectivity index is 2.18. The molecule has 2 heteroatoms. The van der Waals surface area contributed by atoms with Gasteiger partial charge in [-0.15, -0.1) is 0 Å². The van der Waals surface area contributed by atoms with Crippen molar-refractivity contribution in [3.8, 4) is 0 Å². The van der Waals surface area contributed by atoms with Gasteiger partial charge < -0.3 is 10.1 Å². The number of methoxy groups -OCH3 is 1. The first kappa shape index (κ1) is 14.5. The Morgan fingerprint density at radius 1 is 1.37 bits per heavy atom. The molecule has 1 aliphatic carbocycles. The van der Waals surface area contributed by atoms with Gasteiger partial charge in [-0.2, -0.15) is 0 Å². The molecule has 2 unspecified atom stereocenters. The molecule has 1 N–H and O–H groups in total. The SMILES string of the molecule is COCCNCC1(c2ccccc2C)CCCC1C. The number of aryl methyl sites for hydroxylation is 1. The molecule has 2 rings (SSSR count). The summed E-state index contributed by atoms with van der Waals surface area (Å²) >= 11 is 0. The van der Waals surface area contributed by atoms with Crippen molar-refractivity contribution in [1.82, 2.24) is 5.32 Å². The third-order valence-corrected chi connectivity index (χ3v) is 4.81. The zero-order valence-corrected chi connectivity index (χ0v) is 12.5. The Morgan fingerprint density at radius 3 is 2.79 bits per heavy atom.